The van der Waals surface area contributed by atoms with E-state index in [9.17, 15) is 18.0 Å². The van der Waals surface area contributed by atoms with Crippen LogP contribution in [0.5, 0.6) is 5.75 Å². The minimum atomic E-state index is -4.34. The van der Waals surface area contributed by atoms with E-state index in [2.05, 4.69) is 0 Å². The van der Waals surface area contributed by atoms with Gasteiger partial charge in [-0.05, 0) is 54.4 Å². The van der Waals surface area contributed by atoms with E-state index in [1.54, 1.807) is 35.2 Å². The second kappa shape index (κ2) is 9.70. The number of nitrogens with zero attached hydrogens (tertiary/aromatic N) is 3. The van der Waals surface area contributed by atoms with Gasteiger partial charge in [0.15, 0.2) is 0 Å². The zero-order valence-electron chi connectivity index (χ0n) is 20.0. The first-order valence-electron chi connectivity index (χ1n) is 11.6. The van der Waals surface area contributed by atoms with Gasteiger partial charge in [0.25, 0.3) is 15.9 Å². The fourth-order valence-electron chi connectivity index (χ4n) is 4.70. The predicted molar refractivity (Wildman–Crippen MR) is 141 cm³/mol. The third-order valence-electron chi connectivity index (χ3n) is 6.54. The van der Waals surface area contributed by atoms with Gasteiger partial charge in [-0.2, -0.15) is 3.97 Å². The normalized spacial score (nSPS) is 16.7. The summed E-state index contributed by atoms with van der Waals surface area (Å²) in [4.78, 5) is 29.4. The molecule has 2 N–H and O–H groups in total. The summed E-state index contributed by atoms with van der Waals surface area (Å²) < 4.78 is 34.6. The van der Waals surface area contributed by atoms with Gasteiger partial charge in [0, 0.05) is 24.2 Å². The number of hydrogen-bond donors (Lipinski definition) is 1. The molecule has 0 saturated carbocycles. The number of imidazole rings is 1. The van der Waals surface area contributed by atoms with Crippen molar-refractivity contribution < 1.29 is 17.9 Å². The van der Waals surface area contributed by atoms with Crippen LogP contribution in [0.2, 0.25) is 5.02 Å². The molecule has 3 aromatic carbocycles. The molecule has 192 valence electrons. The molecule has 9 nitrogen and oxygen atoms in total. The van der Waals surface area contributed by atoms with Gasteiger partial charge in [0.2, 0.25) is 0 Å². The van der Waals surface area contributed by atoms with Crippen LogP contribution in [0.3, 0.4) is 0 Å². The van der Waals surface area contributed by atoms with E-state index in [-0.39, 0.29) is 27.9 Å². The number of methoxy groups -OCH3 is 1. The molecule has 1 aliphatic rings. The molecule has 1 aliphatic heterocycles. The van der Waals surface area contributed by atoms with Crippen LogP contribution in [0, 0.1) is 0 Å². The number of rotatable bonds is 6. The van der Waals surface area contributed by atoms with E-state index < -0.39 is 21.8 Å². The molecule has 2 unspecified atom stereocenters. The Morgan fingerprint density at radius 3 is 2.38 bits per heavy atom. The molecule has 1 aromatic heterocycles. The van der Waals surface area contributed by atoms with E-state index in [0.717, 1.165) is 3.97 Å². The molecule has 1 fully saturated rings. The van der Waals surface area contributed by atoms with E-state index in [0.29, 0.717) is 35.8 Å². The van der Waals surface area contributed by atoms with Crippen molar-refractivity contribution in [2.24, 2.45) is 5.73 Å². The highest BCUT2D eigenvalue weighted by Gasteiger charge is 2.36. The van der Waals surface area contributed by atoms with E-state index in [1.807, 2.05) is 0 Å². The average Bonchev–Trinajstić information content (AvgIpc) is 3.46. The number of halogens is 1. The first-order valence-corrected chi connectivity index (χ1v) is 13.5. The fourth-order valence-corrected chi connectivity index (χ4v) is 6.26. The first kappa shape index (κ1) is 25.1. The molecule has 1 amide bonds. The van der Waals surface area contributed by atoms with Gasteiger partial charge in [-0.15, -0.1) is 0 Å². The summed E-state index contributed by atoms with van der Waals surface area (Å²) in [6.07, 6.45) is 0.640. The third kappa shape index (κ3) is 4.41. The molecule has 0 radical (unpaired) electrons. The summed E-state index contributed by atoms with van der Waals surface area (Å²) >= 11 is 6.29. The van der Waals surface area contributed by atoms with Gasteiger partial charge < -0.3 is 15.4 Å². The Bertz CT molecular complexity index is 1630. The Morgan fingerprint density at radius 2 is 1.76 bits per heavy atom. The van der Waals surface area contributed by atoms with Crippen molar-refractivity contribution in [2.75, 3.05) is 20.2 Å². The second-order valence-corrected chi connectivity index (χ2v) is 11.1. The molecular formula is C26H25ClN4O5S. The van der Waals surface area contributed by atoms with Crippen LogP contribution in [0.25, 0.3) is 11.0 Å². The largest absolute Gasteiger partial charge is 0.497 e. The van der Waals surface area contributed by atoms with Crippen LogP contribution in [0.15, 0.2) is 82.5 Å². The van der Waals surface area contributed by atoms with Crippen LogP contribution in [0.1, 0.15) is 18.0 Å². The number of nitrogens with two attached hydrogens (primary N) is 1. The summed E-state index contributed by atoms with van der Waals surface area (Å²) in [6.45, 7) is 0.794. The minimum absolute atomic E-state index is 0.0995. The first-order chi connectivity index (χ1) is 17.7. The van der Waals surface area contributed by atoms with Gasteiger partial charge in [0.05, 0.1) is 23.0 Å². The standard InChI is InChI=1S/C26H25ClN4O5S/c1-36-20-8-10-21(11-9-20)37(34,35)31-22-12-7-18(27)15-23(22)30(26(31)33)24(17-5-3-2-4-6-17)25(32)29-14-13-19(28)16-29/h2-12,15,19,24H,13-14,16,28H2,1H3. The quantitative estimate of drug-likeness (QED) is 0.402. The van der Waals surface area contributed by atoms with Crippen LogP contribution in [0.4, 0.5) is 0 Å². The molecular weight excluding hydrogens is 516 g/mol. The molecule has 1 saturated heterocycles. The lowest BCUT2D eigenvalue weighted by Gasteiger charge is -2.25. The van der Waals surface area contributed by atoms with E-state index in [4.69, 9.17) is 22.1 Å². The van der Waals surface area contributed by atoms with Crippen molar-refractivity contribution in [2.45, 2.75) is 23.4 Å². The lowest BCUT2D eigenvalue weighted by atomic mass is 10.0. The van der Waals surface area contributed by atoms with Crippen molar-refractivity contribution in [3.8, 4) is 5.75 Å². The maximum absolute atomic E-state index is 14.0. The maximum Gasteiger partial charge on any atom is 0.344 e. The molecule has 11 heteroatoms. The Labute approximate surface area is 218 Å². The smallest absolute Gasteiger partial charge is 0.344 e. The Balaban J connectivity index is 1.77. The number of amides is 1. The van der Waals surface area contributed by atoms with Gasteiger partial charge in [-0.1, -0.05) is 41.9 Å². The SMILES string of the molecule is COc1ccc(S(=O)(=O)n2c(=O)n(C(C(=O)N3CCC(N)C3)c3ccccc3)c3cc(Cl)ccc32)cc1. The van der Waals surface area contributed by atoms with Gasteiger partial charge >= 0.3 is 5.69 Å². The predicted octanol–water partition coefficient (Wildman–Crippen LogP) is 2.85. The molecule has 2 atom stereocenters. The zero-order chi connectivity index (χ0) is 26.3. The molecule has 0 spiro atoms. The summed E-state index contributed by atoms with van der Waals surface area (Å²) in [7, 11) is -2.87. The zero-order valence-corrected chi connectivity index (χ0v) is 21.5. The highest BCUT2D eigenvalue weighted by molar-refractivity contribution is 7.90. The maximum atomic E-state index is 14.0. The topological polar surface area (TPSA) is 117 Å². The average molecular weight is 541 g/mol. The number of carbonyl (C=O) groups is 1. The monoisotopic (exact) mass is 540 g/mol. The number of benzene rings is 3. The second-order valence-electron chi connectivity index (χ2n) is 8.88. The van der Waals surface area contributed by atoms with Crippen LogP contribution in [-0.2, 0) is 14.8 Å². The minimum Gasteiger partial charge on any atom is -0.497 e. The molecule has 5 rings (SSSR count). The van der Waals surface area contributed by atoms with E-state index >= 15 is 0 Å². The van der Waals surface area contributed by atoms with Crippen molar-refractivity contribution in [3.63, 3.8) is 0 Å². The van der Waals surface area contributed by atoms with Gasteiger partial charge in [-0.3, -0.25) is 9.36 Å². The Morgan fingerprint density at radius 1 is 1.05 bits per heavy atom. The number of aromatic nitrogens is 2. The van der Waals surface area contributed by atoms with Crippen molar-refractivity contribution in [1.29, 1.82) is 0 Å². The number of fused-ring (bicyclic) bond motifs is 1. The molecule has 37 heavy (non-hydrogen) atoms. The fraction of sp³-hybridized carbons (Fsp3) is 0.231. The lowest BCUT2D eigenvalue weighted by molar-refractivity contribution is -0.132. The number of ether oxygens (including phenoxy) is 1. The van der Waals surface area contributed by atoms with Crippen LogP contribution in [-0.4, -0.2) is 54.0 Å². The highest BCUT2D eigenvalue weighted by atomic mass is 35.5. The Hall–Kier alpha value is -3.60. The summed E-state index contributed by atoms with van der Waals surface area (Å²) in [5.74, 6) is 0.126. The van der Waals surface area contributed by atoms with Gasteiger partial charge in [-0.25, -0.2) is 13.2 Å². The molecule has 4 aromatic rings. The van der Waals surface area contributed by atoms with Crippen LogP contribution < -0.4 is 16.2 Å². The summed E-state index contributed by atoms with van der Waals surface area (Å²) in [5.41, 5.74) is 6.05. The van der Waals surface area contributed by atoms with Gasteiger partial charge in [0.1, 0.15) is 11.8 Å². The van der Waals surface area contributed by atoms with Crippen molar-refractivity contribution >= 4 is 38.6 Å². The number of carbonyl (C=O) groups excluding carboxylic acids is 1. The highest BCUT2D eigenvalue weighted by Crippen LogP contribution is 2.30. The van der Waals surface area contributed by atoms with Crippen molar-refractivity contribution in [1.82, 2.24) is 13.4 Å². The van der Waals surface area contributed by atoms with Crippen molar-refractivity contribution in [3.05, 3.63) is 93.9 Å². The molecule has 0 aliphatic carbocycles. The molecule has 2 heterocycles. The third-order valence-corrected chi connectivity index (χ3v) is 8.47. The Kier molecular flexibility index (Phi) is 6.57. The van der Waals surface area contributed by atoms with Crippen LogP contribution >= 0.6 is 11.6 Å². The lowest BCUT2D eigenvalue weighted by Crippen LogP contribution is -2.41. The summed E-state index contributed by atoms with van der Waals surface area (Å²) in [5, 5.41) is 0.294. The number of likely N-dealkylation sites (tertiary alicyclic amines) is 1. The summed E-state index contributed by atoms with van der Waals surface area (Å²) in [6, 6.07) is 17.7. The molecule has 0 bridgehead atoms. The number of hydrogen-bond acceptors (Lipinski definition) is 6. The van der Waals surface area contributed by atoms with E-state index in [1.165, 1.54) is 54.1 Å².